The minimum absolute atomic E-state index is 0.00870. The molecule has 1 heterocycles. The average molecular weight is 374 g/mol. The highest BCUT2D eigenvalue weighted by Crippen LogP contribution is 2.38. The number of phenols is 1. The van der Waals surface area contributed by atoms with E-state index in [1.165, 1.54) is 4.80 Å². The van der Waals surface area contributed by atoms with Crippen LogP contribution in [0, 0.1) is 5.92 Å². The Morgan fingerprint density at radius 1 is 1.04 bits per heavy atom. The summed E-state index contributed by atoms with van der Waals surface area (Å²) in [6, 6.07) is 9.00. The van der Waals surface area contributed by atoms with Crippen molar-refractivity contribution >= 4 is 22.6 Å². The summed E-state index contributed by atoms with van der Waals surface area (Å²) in [5, 5.41) is 30.9. The van der Waals surface area contributed by atoms with Crippen molar-refractivity contribution in [3.63, 3.8) is 0 Å². The number of hydrogen-bond acceptors (Lipinski definition) is 4. The van der Waals surface area contributed by atoms with Crippen LogP contribution in [0.2, 0.25) is 5.02 Å². The SMILES string of the molecule is CC(C)C(O)c1cc(C(C)(C)C)cc(-n2nc3ccc(Cl)cc3n2)c1O. The summed E-state index contributed by atoms with van der Waals surface area (Å²) in [7, 11) is 0. The first-order valence-electron chi connectivity index (χ1n) is 8.66. The molecule has 6 heteroatoms. The molecule has 1 aromatic heterocycles. The molecule has 0 fully saturated rings. The largest absolute Gasteiger partial charge is 0.505 e. The maximum Gasteiger partial charge on any atom is 0.148 e. The van der Waals surface area contributed by atoms with Gasteiger partial charge in [0, 0.05) is 10.6 Å². The highest BCUT2D eigenvalue weighted by atomic mass is 35.5. The van der Waals surface area contributed by atoms with E-state index < -0.39 is 6.10 Å². The third-order valence-corrected chi connectivity index (χ3v) is 4.73. The number of fused-ring (bicyclic) bond motifs is 1. The Morgan fingerprint density at radius 2 is 1.69 bits per heavy atom. The summed E-state index contributed by atoms with van der Waals surface area (Å²) in [5.74, 6) is -0.0435. The third-order valence-electron chi connectivity index (χ3n) is 4.49. The van der Waals surface area contributed by atoms with Gasteiger partial charge < -0.3 is 10.2 Å². The zero-order chi connectivity index (χ0) is 19.2. The maximum absolute atomic E-state index is 10.8. The van der Waals surface area contributed by atoms with Gasteiger partial charge in [-0.3, -0.25) is 0 Å². The molecule has 2 N–H and O–H groups in total. The van der Waals surface area contributed by atoms with E-state index in [1.54, 1.807) is 18.2 Å². The third kappa shape index (κ3) is 3.41. The fraction of sp³-hybridized carbons (Fsp3) is 0.400. The van der Waals surface area contributed by atoms with Gasteiger partial charge in [-0.25, -0.2) is 0 Å². The number of aliphatic hydroxyl groups excluding tert-OH is 1. The Morgan fingerprint density at radius 3 is 2.31 bits per heavy atom. The van der Waals surface area contributed by atoms with Gasteiger partial charge in [0.2, 0.25) is 0 Å². The van der Waals surface area contributed by atoms with Gasteiger partial charge in [-0.2, -0.15) is 0 Å². The highest BCUT2D eigenvalue weighted by Gasteiger charge is 2.25. The van der Waals surface area contributed by atoms with Gasteiger partial charge >= 0.3 is 0 Å². The number of aromatic hydroxyl groups is 1. The van der Waals surface area contributed by atoms with Crippen molar-refractivity contribution in [3.05, 3.63) is 46.5 Å². The lowest BCUT2D eigenvalue weighted by Gasteiger charge is -2.24. The quantitative estimate of drug-likeness (QED) is 0.693. The van der Waals surface area contributed by atoms with Crippen LogP contribution in [0.25, 0.3) is 16.7 Å². The van der Waals surface area contributed by atoms with Crippen LogP contribution in [-0.2, 0) is 5.41 Å². The second kappa shape index (κ2) is 6.56. The van der Waals surface area contributed by atoms with Crippen LogP contribution < -0.4 is 0 Å². The topological polar surface area (TPSA) is 71.2 Å². The van der Waals surface area contributed by atoms with Crippen molar-refractivity contribution in [1.29, 1.82) is 0 Å². The second-order valence-electron chi connectivity index (χ2n) is 7.99. The molecular formula is C20H24ClN3O2. The summed E-state index contributed by atoms with van der Waals surface area (Å²) in [4.78, 5) is 1.40. The normalized spacial score (nSPS) is 13.5. The Hall–Kier alpha value is -2.11. The van der Waals surface area contributed by atoms with Gasteiger partial charge in [0.05, 0.1) is 6.10 Å². The smallest absolute Gasteiger partial charge is 0.148 e. The number of aliphatic hydroxyl groups is 1. The molecule has 5 nitrogen and oxygen atoms in total. The Labute approximate surface area is 158 Å². The molecule has 26 heavy (non-hydrogen) atoms. The molecule has 0 amide bonds. The molecule has 138 valence electrons. The van der Waals surface area contributed by atoms with Crippen LogP contribution in [0.5, 0.6) is 5.75 Å². The molecule has 0 aliphatic carbocycles. The fourth-order valence-corrected chi connectivity index (χ4v) is 2.97. The van der Waals surface area contributed by atoms with E-state index in [0.29, 0.717) is 27.3 Å². The monoisotopic (exact) mass is 373 g/mol. The first-order chi connectivity index (χ1) is 12.1. The van der Waals surface area contributed by atoms with Gasteiger partial charge in [-0.15, -0.1) is 15.0 Å². The van der Waals surface area contributed by atoms with Gasteiger partial charge in [0.15, 0.2) is 0 Å². The first-order valence-corrected chi connectivity index (χ1v) is 9.04. The van der Waals surface area contributed by atoms with Crippen LogP contribution in [-0.4, -0.2) is 25.2 Å². The predicted octanol–water partition coefficient (Wildman–Crippen LogP) is 4.77. The van der Waals surface area contributed by atoms with Crippen LogP contribution in [0.15, 0.2) is 30.3 Å². The maximum atomic E-state index is 10.8. The minimum Gasteiger partial charge on any atom is -0.505 e. The van der Waals surface area contributed by atoms with E-state index in [0.717, 1.165) is 5.56 Å². The molecule has 1 unspecified atom stereocenters. The number of hydrogen-bond donors (Lipinski definition) is 2. The average Bonchev–Trinajstić information content (AvgIpc) is 2.95. The summed E-state index contributed by atoms with van der Waals surface area (Å²) in [6.07, 6.45) is -0.782. The standard InChI is InChI=1S/C20H24ClN3O2/c1-11(2)18(25)14-8-12(20(3,4)5)9-17(19(14)26)24-22-15-7-6-13(21)10-16(15)23-24/h6-11,18,25-26H,1-5H3. The second-order valence-corrected chi connectivity index (χ2v) is 8.43. The molecule has 0 radical (unpaired) electrons. The van der Waals surface area contributed by atoms with Gasteiger partial charge in [0.25, 0.3) is 0 Å². The van der Waals surface area contributed by atoms with Crippen molar-refractivity contribution < 1.29 is 10.2 Å². The lowest BCUT2D eigenvalue weighted by molar-refractivity contribution is 0.123. The molecule has 0 spiro atoms. The summed E-state index contributed by atoms with van der Waals surface area (Å²) < 4.78 is 0. The van der Waals surface area contributed by atoms with E-state index in [2.05, 4.69) is 31.0 Å². The Kier molecular flexibility index (Phi) is 4.71. The molecule has 0 saturated carbocycles. The van der Waals surface area contributed by atoms with Crippen molar-refractivity contribution in [2.75, 3.05) is 0 Å². The molecule has 0 aliphatic rings. The van der Waals surface area contributed by atoms with Gasteiger partial charge in [-0.05, 0) is 47.2 Å². The molecule has 0 bridgehead atoms. The van der Waals surface area contributed by atoms with Crippen molar-refractivity contribution in [1.82, 2.24) is 15.0 Å². The molecule has 3 rings (SSSR count). The summed E-state index contributed by atoms with van der Waals surface area (Å²) in [6.45, 7) is 10.1. The highest BCUT2D eigenvalue weighted by molar-refractivity contribution is 6.31. The Balaban J connectivity index is 2.25. The zero-order valence-electron chi connectivity index (χ0n) is 15.7. The van der Waals surface area contributed by atoms with Crippen LogP contribution >= 0.6 is 11.6 Å². The number of aromatic nitrogens is 3. The fourth-order valence-electron chi connectivity index (χ4n) is 2.81. The van der Waals surface area contributed by atoms with Crippen LogP contribution in [0.4, 0.5) is 0 Å². The first kappa shape index (κ1) is 18.7. The molecule has 0 saturated heterocycles. The molecule has 3 aromatic rings. The van der Waals surface area contributed by atoms with E-state index >= 15 is 0 Å². The minimum atomic E-state index is -0.782. The number of benzene rings is 2. The lowest BCUT2D eigenvalue weighted by Crippen LogP contribution is -2.15. The van der Waals surface area contributed by atoms with E-state index in [9.17, 15) is 10.2 Å². The van der Waals surface area contributed by atoms with Crippen LogP contribution in [0.3, 0.4) is 0 Å². The van der Waals surface area contributed by atoms with Crippen LogP contribution in [0.1, 0.15) is 51.8 Å². The van der Waals surface area contributed by atoms with Crippen molar-refractivity contribution in [2.24, 2.45) is 5.92 Å². The van der Waals surface area contributed by atoms with E-state index in [1.807, 2.05) is 26.0 Å². The molecule has 2 aromatic carbocycles. The summed E-state index contributed by atoms with van der Waals surface area (Å²) >= 11 is 6.03. The lowest BCUT2D eigenvalue weighted by atomic mass is 9.84. The van der Waals surface area contributed by atoms with Crippen molar-refractivity contribution in [2.45, 2.75) is 46.1 Å². The summed E-state index contributed by atoms with van der Waals surface area (Å²) in [5.41, 5.74) is 3.08. The number of phenolic OH excluding ortho intramolecular Hbond substituents is 1. The van der Waals surface area contributed by atoms with E-state index in [-0.39, 0.29) is 17.1 Å². The molecular weight excluding hydrogens is 350 g/mol. The predicted molar refractivity (Wildman–Crippen MR) is 104 cm³/mol. The zero-order valence-corrected chi connectivity index (χ0v) is 16.4. The molecule has 1 atom stereocenters. The molecule has 0 aliphatic heterocycles. The number of nitrogens with zero attached hydrogens (tertiary/aromatic N) is 3. The Bertz CT molecular complexity index is 958. The van der Waals surface area contributed by atoms with Crippen molar-refractivity contribution in [3.8, 4) is 11.4 Å². The number of halogens is 1. The van der Waals surface area contributed by atoms with Gasteiger partial charge in [0.1, 0.15) is 22.5 Å². The van der Waals surface area contributed by atoms with Gasteiger partial charge in [-0.1, -0.05) is 46.2 Å². The number of rotatable bonds is 3. The van der Waals surface area contributed by atoms with E-state index in [4.69, 9.17) is 11.6 Å².